The molecule has 1 aromatic rings. The van der Waals surface area contributed by atoms with E-state index in [4.69, 9.17) is 10.5 Å². The van der Waals surface area contributed by atoms with Gasteiger partial charge in [0.15, 0.2) is 0 Å². The smallest absolute Gasteiger partial charge is 0.323 e. The van der Waals surface area contributed by atoms with Gasteiger partial charge < -0.3 is 15.4 Å². The van der Waals surface area contributed by atoms with Gasteiger partial charge in [-0.2, -0.15) is 15.0 Å². The van der Waals surface area contributed by atoms with Crippen LogP contribution >= 0.6 is 0 Å². The Kier molecular flexibility index (Phi) is 4.17. The highest BCUT2D eigenvalue weighted by molar-refractivity contribution is 5.36. The summed E-state index contributed by atoms with van der Waals surface area (Å²) in [7, 11) is 0. The SMILES string of the molecule is CCOc1nc(N)nc(N2CCCC(C)CC2)n1. The zero-order chi connectivity index (χ0) is 13.0. The van der Waals surface area contributed by atoms with Gasteiger partial charge in [-0.25, -0.2) is 0 Å². The summed E-state index contributed by atoms with van der Waals surface area (Å²) in [6, 6.07) is 0.317. The number of ether oxygens (including phenoxy) is 1. The summed E-state index contributed by atoms with van der Waals surface area (Å²) in [6.07, 6.45) is 3.58. The Labute approximate surface area is 108 Å². The number of rotatable bonds is 3. The van der Waals surface area contributed by atoms with Crippen molar-refractivity contribution in [1.29, 1.82) is 0 Å². The fourth-order valence-corrected chi connectivity index (χ4v) is 2.16. The summed E-state index contributed by atoms with van der Waals surface area (Å²) in [5, 5.41) is 0. The monoisotopic (exact) mass is 251 g/mol. The number of nitrogens with zero attached hydrogens (tertiary/aromatic N) is 4. The van der Waals surface area contributed by atoms with Gasteiger partial charge in [0.2, 0.25) is 11.9 Å². The van der Waals surface area contributed by atoms with Crippen LogP contribution in [0.2, 0.25) is 0 Å². The average molecular weight is 251 g/mol. The Morgan fingerprint density at radius 1 is 1.28 bits per heavy atom. The number of anilines is 2. The molecular weight excluding hydrogens is 230 g/mol. The topological polar surface area (TPSA) is 77.2 Å². The van der Waals surface area contributed by atoms with Gasteiger partial charge in [-0.05, 0) is 32.1 Å². The fourth-order valence-electron chi connectivity index (χ4n) is 2.16. The molecule has 1 saturated heterocycles. The third-order valence-corrected chi connectivity index (χ3v) is 3.19. The van der Waals surface area contributed by atoms with Crippen molar-refractivity contribution >= 4 is 11.9 Å². The lowest BCUT2D eigenvalue weighted by atomic mass is 10.0. The van der Waals surface area contributed by atoms with Gasteiger partial charge in [-0.1, -0.05) is 6.92 Å². The van der Waals surface area contributed by atoms with Crippen LogP contribution in [0, 0.1) is 5.92 Å². The lowest BCUT2D eigenvalue weighted by Gasteiger charge is -2.20. The van der Waals surface area contributed by atoms with Crippen LogP contribution in [0.4, 0.5) is 11.9 Å². The van der Waals surface area contributed by atoms with Gasteiger partial charge in [0.25, 0.3) is 0 Å². The molecular formula is C12H21N5O. The first-order valence-electron chi connectivity index (χ1n) is 6.58. The number of hydrogen-bond donors (Lipinski definition) is 1. The van der Waals surface area contributed by atoms with Crippen LogP contribution in [0.1, 0.15) is 33.1 Å². The van der Waals surface area contributed by atoms with E-state index in [0.29, 0.717) is 18.6 Å². The van der Waals surface area contributed by atoms with Crippen molar-refractivity contribution in [3.8, 4) is 6.01 Å². The Morgan fingerprint density at radius 2 is 2.11 bits per heavy atom. The fraction of sp³-hybridized carbons (Fsp3) is 0.750. The second-order valence-corrected chi connectivity index (χ2v) is 4.73. The Morgan fingerprint density at radius 3 is 2.89 bits per heavy atom. The lowest BCUT2D eigenvalue weighted by Crippen LogP contribution is -2.27. The summed E-state index contributed by atoms with van der Waals surface area (Å²) in [6.45, 7) is 6.65. The Hall–Kier alpha value is -1.59. The molecule has 100 valence electrons. The van der Waals surface area contributed by atoms with Gasteiger partial charge in [-0.15, -0.1) is 0 Å². The molecule has 1 unspecified atom stereocenters. The summed E-state index contributed by atoms with van der Waals surface area (Å²) in [4.78, 5) is 14.7. The number of nitrogen functional groups attached to an aromatic ring is 1. The van der Waals surface area contributed by atoms with Crippen LogP contribution in [0.25, 0.3) is 0 Å². The predicted molar refractivity (Wildman–Crippen MR) is 70.6 cm³/mol. The molecule has 1 fully saturated rings. The maximum Gasteiger partial charge on any atom is 0.323 e. The minimum Gasteiger partial charge on any atom is -0.464 e. The van der Waals surface area contributed by atoms with Crippen molar-refractivity contribution < 1.29 is 4.74 Å². The largest absolute Gasteiger partial charge is 0.464 e. The van der Waals surface area contributed by atoms with Crippen molar-refractivity contribution in [3.63, 3.8) is 0 Å². The molecule has 1 atom stereocenters. The van der Waals surface area contributed by atoms with E-state index in [1.165, 1.54) is 6.42 Å². The van der Waals surface area contributed by atoms with E-state index in [9.17, 15) is 0 Å². The van der Waals surface area contributed by atoms with Crippen molar-refractivity contribution in [3.05, 3.63) is 0 Å². The highest BCUT2D eigenvalue weighted by Crippen LogP contribution is 2.21. The van der Waals surface area contributed by atoms with Crippen molar-refractivity contribution in [2.45, 2.75) is 33.1 Å². The second kappa shape index (κ2) is 5.84. The predicted octanol–water partition coefficient (Wildman–Crippen LogP) is 1.48. The second-order valence-electron chi connectivity index (χ2n) is 4.73. The molecule has 18 heavy (non-hydrogen) atoms. The maximum absolute atomic E-state index is 5.69. The summed E-state index contributed by atoms with van der Waals surface area (Å²) in [5.41, 5.74) is 5.69. The Balaban J connectivity index is 2.15. The van der Waals surface area contributed by atoms with Gasteiger partial charge in [0.1, 0.15) is 0 Å². The minimum atomic E-state index is 0.223. The van der Waals surface area contributed by atoms with Crippen LogP contribution in [-0.4, -0.2) is 34.6 Å². The molecule has 0 bridgehead atoms. The zero-order valence-corrected chi connectivity index (χ0v) is 11.1. The zero-order valence-electron chi connectivity index (χ0n) is 11.1. The summed E-state index contributed by atoms with van der Waals surface area (Å²) in [5.74, 6) is 1.63. The maximum atomic E-state index is 5.69. The van der Waals surface area contributed by atoms with Crippen LogP contribution in [0.3, 0.4) is 0 Å². The first-order valence-corrected chi connectivity index (χ1v) is 6.58. The quantitative estimate of drug-likeness (QED) is 0.876. The third-order valence-electron chi connectivity index (χ3n) is 3.19. The first-order chi connectivity index (χ1) is 8.69. The van der Waals surface area contributed by atoms with Gasteiger partial charge >= 0.3 is 6.01 Å². The van der Waals surface area contributed by atoms with Crippen LogP contribution in [0.5, 0.6) is 6.01 Å². The lowest BCUT2D eigenvalue weighted by molar-refractivity contribution is 0.312. The van der Waals surface area contributed by atoms with Crippen LogP contribution in [-0.2, 0) is 0 Å². The molecule has 0 aliphatic carbocycles. The van der Waals surface area contributed by atoms with E-state index in [0.717, 1.165) is 31.8 Å². The number of aromatic nitrogens is 3. The number of nitrogens with two attached hydrogens (primary N) is 1. The van der Waals surface area contributed by atoms with Crippen molar-refractivity contribution in [2.75, 3.05) is 30.3 Å². The molecule has 0 aromatic carbocycles. The normalized spacial score (nSPS) is 20.6. The molecule has 2 rings (SSSR count). The average Bonchev–Trinajstić information content (AvgIpc) is 2.54. The molecule has 0 amide bonds. The molecule has 0 radical (unpaired) electrons. The highest BCUT2D eigenvalue weighted by atomic mass is 16.5. The molecule has 2 N–H and O–H groups in total. The van der Waals surface area contributed by atoms with Crippen LogP contribution in [0.15, 0.2) is 0 Å². The standard InChI is InChI=1S/C12H21N5O/c1-3-18-12-15-10(13)14-11(16-12)17-7-4-5-9(2)6-8-17/h9H,3-8H2,1-2H3,(H2,13,14,15,16). The molecule has 2 heterocycles. The molecule has 6 nitrogen and oxygen atoms in total. The molecule has 0 saturated carbocycles. The van der Waals surface area contributed by atoms with E-state index >= 15 is 0 Å². The van der Waals surface area contributed by atoms with E-state index < -0.39 is 0 Å². The molecule has 6 heteroatoms. The van der Waals surface area contributed by atoms with Crippen molar-refractivity contribution in [2.24, 2.45) is 5.92 Å². The summed E-state index contributed by atoms with van der Waals surface area (Å²) < 4.78 is 5.30. The molecule has 1 aromatic heterocycles. The minimum absolute atomic E-state index is 0.223. The highest BCUT2D eigenvalue weighted by Gasteiger charge is 2.17. The molecule has 0 spiro atoms. The van der Waals surface area contributed by atoms with E-state index in [1.807, 2.05) is 6.92 Å². The van der Waals surface area contributed by atoms with E-state index in [2.05, 4.69) is 26.8 Å². The van der Waals surface area contributed by atoms with Gasteiger partial charge in [0.05, 0.1) is 6.61 Å². The Bertz CT molecular complexity index is 398. The number of hydrogen-bond acceptors (Lipinski definition) is 6. The third kappa shape index (κ3) is 3.21. The van der Waals surface area contributed by atoms with E-state index in [-0.39, 0.29) is 5.95 Å². The summed E-state index contributed by atoms with van der Waals surface area (Å²) >= 11 is 0. The van der Waals surface area contributed by atoms with Crippen LogP contribution < -0.4 is 15.4 Å². The molecule has 1 aliphatic rings. The van der Waals surface area contributed by atoms with Gasteiger partial charge in [0, 0.05) is 13.1 Å². The van der Waals surface area contributed by atoms with Crippen molar-refractivity contribution in [1.82, 2.24) is 15.0 Å². The first kappa shape index (κ1) is 12.9. The van der Waals surface area contributed by atoms with Gasteiger partial charge in [-0.3, -0.25) is 0 Å². The van der Waals surface area contributed by atoms with E-state index in [1.54, 1.807) is 0 Å². The molecule has 1 aliphatic heterocycles.